The third-order valence-corrected chi connectivity index (χ3v) is 4.32. The summed E-state index contributed by atoms with van der Waals surface area (Å²) in [6.07, 6.45) is -0.717. The Hall–Kier alpha value is -3.95. The predicted octanol–water partition coefficient (Wildman–Crippen LogP) is -4.33. The third-order valence-electron chi connectivity index (χ3n) is 4.32. The maximum absolute atomic E-state index is 12.4. The van der Waals surface area contributed by atoms with Gasteiger partial charge in [-0.1, -0.05) is 0 Å². The van der Waals surface area contributed by atoms with Gasteiger partial charge in [0.25, 0.3) is 0 Å². The first-order valence-corrected chi connectivity index (χ1v) is 10.2. The number of nitrogens with zero attached hydrogens (tertiary/aromatic N) is 1. The Morgan fingerprint density at radius 2 is 1.44 bits per heavy atom. The predicted molar refractivity (Wildman–Crippen MR) is 118 cm³/mol. The number of carboxylic acids is 2. The highest BCUT2D eigenvalue weighted by atomic mass is 16.4. The van der Waals surface area contributed by atoms with Crippen LogP contribution >= 0.6 is 0 Å². The van der Waals surface area contributed by atoms with Crippen LogP contribution in [-0.4, -0.2) is 83.0 Å². The molecule has 3 atom stereocenters. The number of hydrogen-bond donors (Lipinski definition) is 9. The van der Waals surface area contributed by atoms with Crippen LogP contribution in [0.5, 0.6) is 0 Å². The average Bonchev–Trinajstić information content (AvgIpc) is 2.74. The number of carboxylic acid groups (broad SMARTS) is 2. The number of carbonyl (C=O) groups is 6. The Kier molecular flexibility index (Phi) is 14.0. The van der Waals surface area contributed by atoms with E-state index in [1.165, 1.54) is 0 Å². The summed E-state index contributed by atoms with van der Waals surface area (Å²) in [5.41, 5.74) is 21.1. The number of guanidine groups is 1. The SMILES string of the molecule is NC(=O)CCC(NC(=O)CNC(=O)C(CCC(=O)O)NC(=O)C(N)CCCN=C(N)N)C(=O)O. The molecule has 0 aliphatic heterocycles. The van der Waals surface area contributed by atoms with Crippen LogP contribution in [0.4, 0.5) is 0 Å². The normalized spacial score (nSPS) is 13.0. The average molecular weight is 489 g/mol. The molecule has 0 saturated carbocycles. The number of primary amides is 1. The zero-order valence-corrected chi connectivity index (χ0v) is 18.5. The summed E-state index contributed by atoms with van der Waals surface area (Å²) in [4.78, 5) is 73.3. The van der Waals surface area contributed by atoms with E-state index >= 15 is 0 Å². The summed E-state index contributed by atoms with van der Waals surface area (Å²) < 4.78 is 0. The van der Waals surface area contributed by atoms with Gasteiger partial charge in [-0.15, -0.1) is 0 Å². The number of hydrogen-bond acceptors (Lipinski definition) is 8. The van der Waals surface area contributed by atoms with Gasteiger partial charge in [0.05, 0.1) is 12.6 Å². The van der Waals surface area contributed by atoms with Crippen LogP contribution in [0.2, 0.25) is 0 Å². The maximum Gasteiger partial charge on any atom is 0.326 e. The molecule has 13 N–H and O–H groups in total. The first-order valence-electron chi connectivity index (χ1n) is 10.2. The van der Waals surface area contributed by atoms with Gasteiger partial charge in [-0.3, -0.25) is 29.0 Å². The van der Waals surface area contributed by atoms with E-state index in [1.807, 2.05) is 0 Å². The van der Waals surface area contributed by atoms with Gasteiger partial charge in [-0.25, -0.2) is 4.79 Å². The first kappa shape index (κ1) is 30.1. The van der Waals surface area contributed by atoms with Gasteiger partial charge in [-0.05, 0) is 25.7 Å². The van der Waals surface area contributed by atoms with Crippen molar-refractivity contribution in [2.75, 3.05) is 13.1 Å². The van der Waals surface area contributed by atoms with Crippen molar-refractivity contribution in [1.82, 2.24) is 16.0 Å². The van der Waals surface area contributed by atoms with E-state index in [0.717, 1.165) is 0 Å². The van der Waals surface area contributed by atoms with E-state index < -0.39 is 66.7 Å². The molecule has 0 rings (SSSR count). The zero-order chi connectivity index (χ0) is 26.3. The topological polar surface area (TPSA) is 295 Å². The highest BCUT2D eigenvalue weighted by Crippen LogP contribution is 2.02. The van der Waals surface area contributed by atoms with Crippen molar-refractivity contribution in [3.05, 3.63) is 0 Å². The quantitative estimate of drug-likeness (QED) is 0.0535. The number of amides is 4. The maximum atomic E-state index is 12.4. The van der Waals surface area contributed by atoms with Gasteiger partial charge < -0.3 is 49.1 Å². The minimum Gasteiger partial charge on any atom is -0.481 e. The molecule has 0 aliphatic carbocycles. The lowest BCUT2D eigenvalue weighted by Crippen LogP contribution is -2.53. The summed E-state index contributed by atoms with van der Waals surface area (Å²) in [6, 6.07) is -3.75. The smallest absolute Gasteiger partial charge is 0.326 e. The molecule has 3 unspecified atom stereocenters. The molecule has 0 bridgehead atoms. The van der Waals surface area contributed by atoms with Crippen molar-refractivity contribution < 1.29 is 39.0 Å². The monoisotopic (exact) mass is 488 g/mol. The van der Waals surface area contributed by atoms with Crippen molar-refractivity contribution in [3.63, 3.8) is 0 Å². The molecule has 0 saturated heterocycles. The molecule has 0 heterocycles. The molecule has 0 spiro atoms. The second kappa shape index (κ2) is 15.8. The molecular weight excluding hydrogens is 456 g/mol. The lowest BCUT2D eigenvalue weighted by Gasteiger charge is -2.20. The summed E-state index contributed by atoms with van der Waals surface area (Å²) in [5.74, 6) is -5.97. The molecule has 0 aliphatic rings. The van der Waals surface area contributed by atoms with Gasteiger partial charge in [-0.2, -0.15) is 0 Å². The van der Waals surface area contributed by atoms with Gasteiger partial charge >= 0.3 is 11.9 Å². The largest absolute Gasteiger partial charge is 0.481 e. The van der Waals surface area contributed by atoms with E-state index in [0.29, 0.717) is 6.42 Å². The first-order chi connectivity index (χ1) is 15.8. The molecule has 34 heavy (non-hydrogen) atoms. The van der Waals surface area contributed by atoms with Gasteiger partial charge in [0.1, 0.15) is 12.1 Å². The van der Waals surface area contributed by atoms with Crippen LogP contribution in [0.1, 0.15) is 38.5 Å². The Labute approximate surface area is 194 Å². The van der Waals surface area contributed by atoms with Crippen LogP contribution in [0.15, 0.2) is 4.99 Å². The molecular formula is C18H32N8O8. The van der Waals surface area contributed by atoms with E-state index in [-0.39, 0.29) is 38.2 Å². The highest BCUT2D eigenvalue weighted by Gasteiger charge is 2.26. The second-order valence-corrected chi connectivity index (χ2v) is 7.23. The summed E-state index contributed by atoms with van der Waals surface area (Å²) >= 11 is 0. The van der Waals surface area contributed by atoms with Crippen LogP contribution in [0.25, 0.3) is 0 Å². The minimum atomic E-state index is -1.41. The van der Waals surface area contributed by atoms with E-state index in [2.05, 4.69) is 20.9 Å². The van der Waals surface area contributed by atoms with Gasteiger partial charge in [0.15, 0.2) is 5.96 Å². The third kappa shape index (κ3) is 14.2. The molecule has 4 amide bonds. The van der Waals surface area contributed by atoms with Crippen molar-refractivity contribution >= 4 is 41.5 Å². The highest BCUT2D eigenvalue weighted by molar-refractivity contribution is 5.92. The molecule has 16 nitrogen and oxygen atoms in total. The van der Waals surface area contributed by atoms with Crippen molar-refractivity contribution in [2.24, 2.45) is 27.9 Å². The van der Waals surface area contributed by atoms with Gasteiger partial charge in [0, 0.05) is 19.4 Å². The molecule has 0 aromatic carbocycles. The van der Waals surface area contributed by atoms with Crippen LogP contribution < -0.4 is 38.9 Å². The summed E-state index contributed by atoms with van der Waals surface area (Å²) in [6.45, 7) is -0.429. The number of nitrogens with two attached hydrogens (primary N) is 4. The molecule has 0 radical (unpaired) electrons. The number of carbonyl (C=O) groups excluding carboxylic acids is 4. The van der Waals surface area contributed by atoms with E-state index in [4.69, 9.17) is 33.1 Å². The Bertz CT molecular complexity index is 784. The Balaban J connectivity index is 4.89. The lowest BCUT2D eigenvalue weighted by molar-refractivity contribution is -0.142. The Morgan fingerprint density at radius 1 is 0.824 bits per heavy atom. The second-order valence-electron chi connectivity index (χ2n) is 7.23. The fourth-order valence-electron chi connectivity index (χ4n) is 2.55. The molecule has 192 valence electrons. The minimum absolute atomic E-state index is 0.116. The van der Waals surface area contributed by atoms with Crippen LogP contribution in [-0.2, 0) is 28.8 Å². The van der Waals surface area contributed by atoms with Crippen molar-refractivity contribution in [2.45, 2.75) is 56.7 Å². The van der Waals surface area contributed by atoms with Crippen molar-refractivity contribution in [3.8, 4) is 0 Å². The number of aliphatic imine (C=N–C) groups is 1. The van der Waals surface area contributed by atoms with Gasteiger partial charge in [0.2, 0.25) is 23.6 Å². The zero-order valence-electron chi connectivity index (χ0n) is 18.5. The van der Waals surface area contributed by atoms with E-state index in [9.17, 15) is 28.8 Å². The standard InChI is InChI=1S/C18H32N8O8/c19-9(2-1-7-23-18(21)22)15(31)26-10(4-6-14(29)30)16(32)24-8-13(28)25-11(17(33)34)3-5-12(20)27/h9-11H,1-8,19H2,(H2,20,27)(H,24,32)(H,25,28)(H,26,31)(H,29,30)(H,33,34)(H4,21,22,23). The molecule has 0 fully saturated rings. The summed E-state index contributed by atoms with van der Waals surface area (Å²) in [5, 5.41) is 24.6. The molecule has 0 aromatic heterocycles. The number of rotatable bonds is 17. The lowest BCUT2D eigenvalue weighted by atomic mass is 10.1. The Morgan fingerprint density at radius 3 is 1.97 bits per heavy atom. The van der Waals surface area contributed by atoms with Crippen molar-refractivity contribution in [1.29, 1.82) is 0 Å². The fraction of sp³-hybridized carbons (Fsp3) is 0.611. The van der Waals surface area contributed by atoms with E-state index in [1.54, 1.807) is 0 Å². The number of aliphatic carboxylic acids is 2. The molecule has 0 aromatic rings. The molecule has 16 heteroatoms. The number of nitrogens with one attached hydrogen (secondary N) is 3. The fourth-order valence-corrected chi connectivity index (χ4v) is 2.55. The summed E-state index contributed by atoms with van der Waals surface area (Å²) in [7, 11) is 0. The van der Waals surface area contributed by atoms with Crippen LogP contribution in [0.3, 0.4) is 0 Å². The van der Waals surface area contributed by atoms with Crippen LogP contribution in [0, 0.1) is 0 Å².